The fraction of sp³-hybridized carbons (Fsp3) is 0.235. The summed E-state index contributed by atoms with van der Waals surface area (Å²) in [5.41, 5.74) is 1.89. The van der Waals surface area contributed by atoms with Crippen LogP contribution in [0.1, 0.15) is 12.5 Å². The van der Waals surface area contributed by atoms with Crippen LogP contribution in [0.15, 0.2) is 47.4 Å². The molecule has 0 spiro atoms. The number of benzene rings is 2. The van der Waals surface area contributed by atoms with Crippen molar-refractivity contribution in [2.45, 2.75) is 18.7 Å². The highest BCUT2D eigenvalue weighted by Crippen LogP contribution is 2.30. The quantitative estimate of drug-likeness (QED) is 0.807. The maximum Gasteiger partial charge on any atom is 0.344 e. The molecular weight excluding hydrogens is 330 g/mol. The summed E-state index contributed by atoms with van der Waals surface area (Å²) in [5, 5.41) is 5.31. The van der Waals surface area contributed by atoms with Gasteiger partial charge in [-0.15, -0.1) is 0 Å². The van der Waals surface area contributed by atoms with E-state index in [4.69, 9.17) is 14.6 Å². The van der Waals surface area contributed by atoms with E-state index in [1.807, 2.05) is 0 Å². The summed E-state index contributed by atoms with van der Waals surface area (Å²) in [6, 6.07) is 11.8. The lowest BCUT2D eigenvalue weighted by molar-refractivity contribution is -0.145. The van der Waals surface area contributed by atoms with Gasteiger partial charge in [-0.1, -0.05) is 24.3 Å². The number of primary sulfonamides is 1. The summed E-state index contributed by atoms with van der Waals surface area (Å²) in [5.74, 6) is -0.0371. The first-order valence-electron chi connectivity index (χ1n) is 7.33. The number of aryl methyl sites for hydroxylation is 1. The lowest BCUT2D eigenvalue weighted by atomic mass is 10.0. The van der Waals surface area contributed by atoms with E-state index < -0.39 is 16.0 Å². The van der Waals surface area contributed by atoms with Crippen LogP contribution >= 0.6 is 0 Å². The lowest BCUT2D eigenvalue weighted by Crippen LogP contribution is -2.14. The highest BCUT2D eigenvalue weighted by Gasteiger charge is 2.16. The molecule has 0 aliphatic heterocycles. The van der Waals surface area contributed by atoms with Crippen molar-refractivity contribution < 1.29 is 22.7 Å². The smallest absolute Gasteiger partial charge is 0.344 e. The molecule has 0 saturated heterocycles. The predicted molar refractivity (Wildman–Crippen MR) is 90.1 cm³/mol. The van der Waals surface area contributed by atoms with Gasteiger partial charge in [0.15, 0.2) is 6.61 Å². The third kappa shape index (κ3) is 4.56. The molecule has 0 atom stereocenters. The summed E-state index contributed by atoms with van der Waals surface area (Å²) in [7, 11) is -3.86. The zero-order valence-electron chi connectivity index (χ0n) is 13.5. The first-order valence-corrected chi connectivity index (χ1v) is 8.88. The van der Waals surface area contributed by atoms with Gasteiger partial charge in [0, 0.05) is 5.56 Å². The highest BCUT2D eigenvalue weighted by molar-refractivity contribution is 7.89. The average Bonchev–Trinajstić information content (AvgIpc) is 2.52. The van der Waals surface area contributed by atoms with Crippen LogP contribution in [0, 0.1) is 6.92 Å². The minimum atomic E-state index is -3.86. The number of carbonyl (C=O) groups is 1. The molecule has 0 heterocycles. The normalized spacial score (nSPS) is 11.1. The van der Waals surface area contributed by atoms with Gasteiger partial charge in [0.05, 0.1) is 11.5 Å². The van der Waals surface area contributed by atoms with Crippen LogP contribution in [0.3, 0.4) is 0 Å². The number of carbonyl (C=O) groups excluding carboxylic acids is 1. The van der Waals surface area contributed by atoms with Gasteiger partial charge in [0.1, 0.15) is 5.75 Å². The molecule has 0 aliphatic rings. The van der Waals surface area contributed by atoms with Crippen molar-refractivity contribution in [3.8, 4) is 16.9 Å². The Hall–Kier alpha value is -2.38. The van der Waals surface area contributed by atoms with Gasteiger partial charge in [-0.3, -0.25) is 0 Å². The molecular formula is C17H19NO5S. The number of hydrogen-bond donors (Lipinski definition) is 1. The molecule has 6 nitrogen and oxygen atoms in total. The van der Waals surface area contributed by atoms with Crippen molar-refractivity contribution in [2.75, 3.05) is 13.2 Å². The molecule has 0 amide bonds. The van der Waals surface area contributed by atoms with Crippen molar-refractivity contribution in [1.82, 2.24) is 0 Å². The summed E-state index contributed by atoms with van der Waals surface area (Å²) in [4.78, 5) is 11.4. The number of sulfonamides is 1. The van der Waals surface area contributed by atoms with E-state index >= 15 is 0 Å². The Morgan fingerprint density at radius 2 is 1.92 bits per heavy atom. The predicted octanol–water partition coefficient (Wildman–Crippen LogP) is 2.25. The van der Waals surface area contributed by atoms with E-state index in [1.54, 1.807) is 50.2 Å². The van der Waals surface area contributed by atoms with Crippen LogP contribution in [-0.4, -0.2) is 27.6 Å². The number of ether oxygens (including phenoxy) is 2. The van der Waals surface area contributed by atoms with Gasteiger partial charge in [-0.05, 0) is 43.2 Å². The first-order chi connectivity index (χ1) is 11.3. The SMILES string of the molecule is CCOC(=O)COc1cccc(-c2ccc(C)cc2S(N)(=O)=O)c1. The van der Waals surface area contributed by atoms with Crippen LogP contribution in [0.5, 0.6) is 5.75 Å². The van der Waals surface area contributed by atoms with E-state index in [0.29, 0.717) is 16.9 Å². The van der Waals surface area contributed by atoms with Crippen LogP contribution in [0.25, 0.3) is 11.1 Å². The van der Waals surface area contributed by atoms with Gasteiger partial charge in [-0.25, -0.2) is 18.4 Å². The van der Waals surface area contributed by atoms with Gasteiger partial charge >= 0.3 is 5.97 Å². The Balaban J connectivity index is 2.34. The fourth-order valence-corrected chi connectivity index (χ4v) is 3.04. The molecule has 128 valence electrons. The Morgan fingerprint density at radius 3 is 2.58 bits per heavy atom. The Bertz CT molecular complexity index is 846. The zero-order chi connectivity index (χ0) is 17.7. The Morgan fingerprint density at radius 1 is 1.17 bits per heavy atom. The summed E-state index contributed by atoms with van der Waals surface area (Å²) in [6.45, 7) is 3.57. The minimum Gasteiger partial charge on any atom is -0.482 e. The Kier molecular flexibility index (Phi) is 5.58. The van der Waals surface area contributed by atoms with E-state index in [0.717, 1.165) is 5.56 Å². The van der Waals surface area contributed by atoms with Gasteiger partial charge < -0.3 is 9.47 Å². The third-order valence-corrected chi connectivity index (χ3v) is 4.20. The molecule has 0 saturated carbocycles. The van der Waals surface area contributed by atoms with Gasteiger partial charge in [0.25, 0.3) is 0 Å². The van der Waals surface area contributed by atoms with E-state index in [9.17, 15) is 13.2 Å². The van der Waals surface area contributed by atoms with Crippen LogP contribution in [-0.2, 0) is 19.6 Å². The topological polar surface area (TPSA) is 95.7 Å². The fourth-order valence-electron chi connectivity index (χ4n) is 2.20. The van der Waals surface area contributed by atoms with Gasteiger partial charge in [0.2, 0.25) is 10.0 Å². The molecule has 0 aromatic heterocycles. The number of hydrogen-bond acceptors (Lipinski definition) is 5. The van der Waals surface area contributed by atoms with Crippen LogP contribution < -0.4 is 9.88 Å². The highest BCUT2D eigenvalue weighted by atomic mass is 32.2. The first kappa shape index (κ1) is 18.0. The van der Waals surface area contributed by atoms with Gasteiger partial charge in [-0.2, -0.15) is 0 Å². The van der Waals surface area contributed by atoms with Crippen molar-refractivity contribution in [1.29, 1.82) is 0 Å². The summed E-state index contributed by atoms with van der Waals surface area (Å²) in [6.07, 6.45) is 0. The van der Waals surface area contributed by atoms with Crippen LogP contribution in [0.4, 0.5) is 0 Å². The molecule has 0 fully saturated rings. The van der Waals surface area contributed by atoms with E-state index in [2.05, 4.69) is 0 Å². The lowest BCUT2D eigenvalue weighted by Gasteiger charge is -2.11. The summed E-state index contributed by atoms with van der Waals surface area (Å²) < 4.78 is 33.8. The van der Waals surface area contributed by atoms with E-state index in [1.165, 1.54) is 6.07 Å². The van der Waals surface area contributed by atoms with Crippen molar-refractivity contribution in [3.05, 3.63) is 48.0 Å². The third-order valence-electron chi connectivity index (χ3n) is 3.25. The monoisotopic (exact) mass is 349 g/mol. The minimum absolute atomic E-state index is 0.0463. The zero-order valence-corrected chi connectivity index (χ0v) is 14.3. The molecule has 2 aromatic carbocycles. The maximum atomic E-state index is 11.8. The number of esters is 1. The second-order valence-corrected chi connectivity index (χ2v) is 6.70. The number of rotatable bonds is 6. The molecule has 24 heavy (non-hydrogen) atoms. The van der Waals surface area contributed by atoms with Crippen molar-refractivity contribution in [2.24, 2.45) is 5.14 Å². The molecule has 2 aromatic rings. The van der Waals surface area contributed by atoms with Crippen molar-refractivity contribution in [3.63, 3.8) is 0 Å². The summed E-state index contributed by atoms with van der Waals surface area (Å²) >= 11 is 0. The molecule has 0 aliphatic carbocycles. The van der Waals surface area contributed by atoms with E-state index in [-0.39, 0.29) is 18.1 Å². The molecule has 2 rings (SSSR count). The molecule has 7 heteroatoms. The molecule has 0 bridgehead atoms. The second kappa shape index (κ2) is 7.46. The molecule has 2 N–H and O–H groups in total. The van der Waals surface area contributed by atoms with Crippen LogP contribution in [0.2, 0.25) is 0 Å². The van der Waals surface area contributed by atoms with Crippen molar-refractivity contribution >= 4 is 16.0 Å². The largest absolute Gasteiger partial charge is 0.482 e. The maximum absolute atomic E-state index is 11.8. The molecule has 0 radical (unpaired) electrons. The molecule has 0 unspecified atom stereocenters. The standard InChI is InChI=1S/C17H19NO5S/c1-3-22-17(19)11-23-14-6-4-5-13(10-14)15-8-7-12(2)9-16(15)24(18,20)21/h4-10H,3,11H2,1-2H3,(H2,18,20,21). The average molecular weight is 349 g/mol. The second-order valence-electron chi connectivity index (χ2n) is 5.17. The Labute approximate surface area is 141 Å². The number of nitrogens with two attached hydrogens (primary N) is 1.